The minimum absolute atomic E-state index is 0.00840. The van der Waals surface area contributed by atoms with Crippen LogP contribution in [0.15, 0.2) is 17.5 Å². The summed E-state index contributed by atoms with van der Waals surface area (Å²) in [7, 11) is 0. The van der Waals surface area contributed by atoms with Gasteiger partial charge in [-0.15, -0.1) is 11.3 Å². The molecule has 2 rings (SSSR count). The molecule has 1 fully saturated rings. The van der Waals surface area contributed by atoms with Crippen molar-refractivity contribution in [3.63, 3.8) is 0 Å². The number of amides is 1. The van der Waals surface area contributed by atoms with E-state index in [1.54, 1.807) is 11.3 Å². The minimum atomic E-state index is -0.444. The number of carbonyl (C=O) groups is 1. The molecule has 1 aromatic rings. The fourth-order valence-corrected chi connectivity index (χ4v) is 3.30. The first-order chi connectivity index (χ1) is 9.62. The second-order valence-corrected chi connectivity index (χ2v) is 6.28. The molecule has 0 radical (unpaired) electrons. The van der Waals surface area contributed by atoms with E-state index in [1.165, 1.54) is 4.88 Å². The first-order valence-corrected chi connectivity index (χ1v) is 8.20. The monoisotopic (exact) mass is 296 g/mol. The molecule has 20 heavy (non-hydrogen) atoms. The Balaban J connectivity index is 2.09. The summed E-state index contributed by atoms with van der Waals surface area (Å²) in [5, 5.41) is 5.56. The Morgan fingerprint density at radius 3 is 2.90 bits per heavy atom. The van der Waals surface area contributed by atoms with Gasteiger partial charge in [0.15, 0.2) is 0 Å². The molecule has 2 unspecified atom stereocenters. The van der Waals surface area contributed by atoms with E-state index in [0.29, 0.717) is 6.61 Å². The summed E-state index contributed by atoms with van der Waals surface area (Å²) in [6.07, 6.45) is 1.69. The van der Waals surface area contributed by atoms with Crippen molar-refractivity contribution in [3.05, 3.63) is 22.4 Å². The van der Waals surface area contributed by atoms with Gasteiger partial charge in [0.25, 0.3) is 0 Å². The predicted molar refractivity (Wildman–Crippen MR) is 81.7 cm³/mol. The van der Waals surface area contributed by atoms with Crippen molar-refractivity contribution in [2.45, 2.75) is 45.3 Å². The van der Waals surface area contributed by atoms with Crippen molar-refractivity contribution in [2.24, 2.45) is 0 Å². The topological polar surface area (TPSA) is 41.6 Å². The van der Waals surface area contributed by atoms with E-state index in [-0.39, 0.29) is 12.1 Å². The second-order valence-electron chi connectivity index (χ2n) is 5.30. The van der Waals surface area contributed by atoms with Gasteiger partial charge in [0, 0.05) is 24.6 Å². The molecule has 1 saturated heterocycles. The third-order valence-corrected chi connectivity index (χ3v) is 4.84. The fraction of sp³-hybridized carbons (Fsp3) is 0.667. The summed E-state index contributed by atoms with van der Waals surface area (Å²) in [5.74, 6) is 0.204. The highest BCUT2D eigenvalue weighted by Crippen LogP contribution is 2.34. The van der Waals surface area contributed by atoms with Crippen LogP contribution < -0.4 is 5.32 Å². The van der Waals surface area contributed by atoms with Crippen LogP contribution in [-0.4, -0.2) is 36.1 Å². The van der Waals surface area contributed by atoms with Crippen LogP contribution in [0.25, 0.3) is 0 Å². The molecule has 1 N–H and O–H groups in total. The molecule has 2 atom stereocenters. The molecule has 1 aliphatic heterocycles. The van der Waals surface area contributed by atoms with Crippen molar-refractivity contribution in [1.29, 1.82) is 0 Å². The molecule has 0 aliphatic carbocycles. The van der Waals surface area contributed by atoms with Crippen molar-refractivity contribution in [2.75, 3.05) is 19.8 Å². The lowest BCUT2D eigenvalue weighted by Gasteiger charge is -2.23. The van der Waals surface area contributed by atoms with E-state index in [1.807, 2.05) is 24.8 Å². The number of ether oxygens (including phenoxy) is 1. The lowest BCUT2D eigenvalue weighted by atomic mass is 9.99. The maximum atomic E-state index is 12.7. The smallest absolute Gasteiger partial charge is 0.244 e. The average molecular weight is 296 g/mol. The van der Waals surface area contributed by atoms with Crippen LogP contribution in [0, 0.1) is 0 Å². The molecule has 0 aromatic carbocycles. The Labute approximate surface area is 125 Å². The van der Waals surface area contributed by atoms with Crippen LogP contribution in [0.1, 0.15) is 44.7 Å². The molecule has 2 heterocycles. The van der Waals surface area contributed by atoms with Crippen LogP contribution in [-0.2, 0) is 9.53 Å². The van der Waals surface area contributed by atoms with Crippen molar-refractivity contribution in [1.82, 2.24) is 10.2 Å². The molecule has 1 aromatic heterocycles. The highest BCUT2D eigenvalue weighted by Gasteiger charge is 2.47. The first kappa shape index (κ1) is 15.5. The zero-order valence-electron chi connectivity index (χ0n) is 12.5. The molecule has 1 amide bonds. The van der Waals surface area contributed by atoms with Gasteiger partial charge < -0.3 is 9.64 Å². The molecule has 5 heteroatoms. The van der Waals surface area contributed by atoms with Gasteiger partial charge in [-0.3, -0.25) is 10.1 Å². The minimum Gasteiger partial charge on any atom is -0.382 e. The number of hydrogen-bond donors (Lipinski definition) is 1. The van der Waals surface area contributed by atoms with Crippen molar-refractivity contribution < 1.29 is 9.53 Å². The van der Waals surface area contributed by atoms with E-state index < -0.39 is 5.54 Å². The third kappa shape index (κ3) is 3.05. The molecule has 112 valence electrons. The number of hydrogen-bond acceptors (Lipinski definition) is 4. The van der Waals surface area contributed by atoms with Gasteiger partial charge in [-0.2, -0.15) is 0 Å². The van der Waals surface area contributed by atoms with Crippen LogP contribution in [0.5, 0.6) is 0 Å². The number of rotatable bonds is 7. The molecule has 0 spiro atoms. The van der Waals surface area contributed by atoms with E-state index in [2.05, 4.69) is 23.7 Å². The van der Waals surface area contributed by atoms with Crippen LogP contribution in [0.3, 0.4) is 0 Å². The molecule has 0 bridgehead atoms. The maximum absolute atomic E-state index is 12.7. The van der Waals surface area contributed by atoms with Crippen molar-refractivity contribution in [3.8, 4) is 0 Å². The van der Waals surface area contributed by atoms with Gasteiger partial charge in [-0.25, -0.2) is 0 Å². The molecule has 1 aliphatic rings. The Kier molecular flexibility index (Phi) is 5.18. The maximum Gasteiger partial charge on any atom is 0.244 e. The Hall–Kier alpha value is -0.910. The Morgan fingerprint density at radius 1 is 1.50 bits per heavy atom. The summed E-state index contributed by atoms with van der Waals surface area (Å²) in [6.45, 7) is 8.22. The van der Waals surface area contributed by atoms with E-state index in [4.69, 9.17) is 4.74 Å². The zero-order valence-corrected chi connectivity index (χ0v) is 13.3. The van der Waals surface area contributed by atoms with Crippen molar-refractivity contribution >= 4 is 17.2 Å². The van der Waals surface area contributed by atoms with Gasteiger partial charge in [0.05, 0.1) is 5.54 Å². The molecule has 0 saturated carbocycles. The van der Waals surface area contributed by atoms with Crippen LogP contribution in [0.4, 0.5) is 0 Å². The molecular formula is C15H24N2O2S. The summed E-state index contributed by atoms with van der Waals surface area (Å²) >= 11 is 1.69. The highest BCUT2D eigenvalue weighted by atomic mass is 32.1. The van der Waals surface area contributed by atoms with Crippen LogP contribution >= 0.6 is 11.3 Å². The third-order valence-electron chi connectivity index (χ3n) is 3.91. The normalized spacial score (nSPS) is 26.4. The number of carbonyl (C=O) groups excluding carboxylic acids is 1. The summed E-state index contributed by atoms with van der Waals surface area (Å²) in [5.41, 5.74) is -0.444. The quantitative estimate of drug-likeness (QED) is 0.787. The second kappa shape index (κ2) is 6.70. The first-order valence-electron chi connectivity index (χ1n) is 7.32. The fourth-order valence-electron chi connectivity index (χ4n) is 2.51. The number of nitrogens with zero attached hydrogens (tertiary/aromatic N) is 1. The summed E-state index contributed by atoms with van der Waals surface area (Å²) in [6, 6.07) is 4.12. The highest BCUT2D eigenvalue weighted by molar-refractivity contribution is 7.10. The lowest BCUT2D eigenvalue weighted by Crippen LogP contribution is -2.43. The van der Waals surface area contributed by atoms with Gasteiger partial charge in [-0.1, -0.05) is 13.0 Å². The summed E-state index contributed by atoms with van der Waals surface area (Å²) < 4.78 is 5.38. The zero-order chi connectivity index (χ0) is 14.6. The van der Waals surface area contributed by atoms with E-state index in [0.717, 1.165) is 26.0 Å². The van der Waals surface area contributed by atoms with Gasteiger partial charge in [0.2, 0.25) is 5.91 Å². The molecule has 4 nitrogen and oxygen atoms in total. The summed E-state index contributed by atoms with van der Waals surface area (Å²) in [4.78, 5) is 15.8. The number of thiophene rings is 1. The average Bonchev–Trinajstić information content (AvgIpc) is 3.05. The predicted octanol–water partition coefficient (Wildman–Crippen LogP) is 2.77. The van der Waals surface area contributed by atoms with E-state index >= 15 is 0 Å². The molecular weight excluding hydrogens is 272 g/mol. The van der Waals surface area contributed by atoms with E-state index in [9.17, 15) is 4.79 Å². The van der Waals surface area contributed by atoms with Crippen LogP contribution in [0.2, 0.25) is 0 Å². The van der Waals surface area contributed by atoms with Gasteiger partial charge in [0.1, 0.15) is 6.17 Å². The Bertz CT molecular complexity index is 435. The largest absolute Gasteiger partial charge is 0.382 e. The number of nitrogens with one attached hydrogen (secondary N) is 1. The lowest BCUT2D eigenvalue weighted by molar-refractivity contribution is -0.133. The van der Waals surface area contributed by atoms with Gasteiger partial charge >= 0.3 is 0 Å². The standard InChI is InChI=1S/C15H24N2O2S/c1-4-15(3)14(18)17(9-7-10-19-5-2)13(16-15)12-8-6-11-20-12/h6,8,11,13,16H,4-5,7,9-10H2,1-3H3. The SMILES string of the molecule is CCOCCCN1C(=O)C(C)(CC)NC1c1cccs1. The Morgan fingerprint density at radius 2 is 2.30 bits per heavy atom. The van der Waals surface area contributed by atoms with Gasteiger partial charge in [-0.05, 0) is 38.1 Å².